The molecule has 1 aromatic rings. The largest absolute Gasteiger partial charge is 0.326 e. The lowest BCUT2D eigenvalue weighted by atomic mass is 9.99. The molecule has 3 heteroatoms. The van der Waals surface area contributed by atoms with Crippen LogP contribution in [0.4, 0.5) is 5.69 Å². The Balaban J connectivity index is 1.93. The Morgan fingerprint density at radius 2 is 1.65 bits per heavy atom. The summed E-state index contributed by atoms with van der Waals surface area (Å²) in [6.45, 7) is 0. The van der Waals surface area contributed by atoms with E-state index in [0.717, 1.165) is 18.5 Å². The molecule has 1 saturated carbocycles. The number of hydrogen-bond acceptors (Lipinski definition) is 1. The van der Waals surface area contributed by atoms with Crippen molar-refractivity contribution in [1.29, 1.82) is 0 Å². The lowest BCUT2D eigenvalue weighted by molar-refractivity contribution is -0.120. The van der Waals surface area contributed by atoms with Gasteiger partial charge in [-0.3, -0.25) is 4.79 Å². The van der Waals surface area contributed by atoms with Gasteiger partial charge in [-0.2, -0.15) is 0 Å². The number of benzene rings is 1. The first-order valence-corrected chi connectivity index (χ1v) is 7.40. The summed E-state index contributed by atoms with van der Waals surface area (Å²) in [5, 5.41) is 3.02. The Kier molecular flexibility index (Phi) is 4.83. The van der Waals surface area contributed by atoms with E-state index in [1.807, 2.05) is 24.3 Å². The van der Waals surface area contributed by atoms with Crippen molar-refractivity contribution >= 4 is 34.2 Å². The normalized spacial score (nSPS) is 17.5. The number of halogens is 1. The molecule has 0 atom stereocenters. The van der Waals surface area contributed by atoms with Crippen LogP contribution in [0.5, 0.6) is 0 Å². The minimum absolute atomic E-state index is 0.202. The van der Waals surface area contributed by atoms with Gasteiger partial charge in [0.15, 0.2) is 0 Å². The highest BCUT2D eigenvalue weighted by Gasteiger charge is 2.19. The summed E-state index contributed by atoms with van der Waals surface area (Å²) >= 11 is 2.27. The lowest BCUT2D eigenvalue weighted by Gasteiger charge is -2.14. The third-order valence-corrected chi connectivity index (χ3v) is 4.06. The second-order valence-corrected chi connectivity index (χ2v) is 5.93. The number of amides is 1. The molecule has 2 rings (SSSR count). The van der Waals surface area contributed by atoms with E-state index in [0.29, 0.717) is 0 Å². The molecule has 0 aromatic heterocycles. The van der Waals surface area contributed by atoms with Crippen molar-refractivity contribution in [3.63, 3.8) is 0 Å². The van der Waals surface area contributed by atoms with Crippen molar-refractivity contribution in [3.8, 4) is 0 Å². The smallest absolute Gasteiger partial charge is 0.227 e. The average molecular weight is 343 g/mol. The summed E-state index contributed by atoms with van der Waals surface area (Å²) in [4.78, 5) is 12.1. The van der Waals surface area contributed by atoms with Crippen molar-refractivity contribution in [2.24, 2.45) is 5.92 Å². The zero-order valence-corrected chi connectivity index (χ0v) is 12.1. The quantitative estimate of drug-likeness (QED) is 0.633. The maximum absolute atomic E-state index is 12.1. The SMILES string of the molecule is O=C(Nc1ccc(I)cc1)C1CCCCCC1. The van der Waals surface area contributed by atoms with Crippen LogP contribution in [0.1, 0.15) is 38.5 Å². The maximum Gasteiger partial charge on any atom is 0.227 e. The molecule has 2 nitrogen and oxygen atoms in total. The standard InChI is InChI=1S/C14H18INO/c15-12-7-9-13(10-8-12)16-14(17)11-5-3-1-2-4-6-11/h7-11H,1-6H2,(H,16,17). The van der Waals surface area contributed by atoms with Gasteiger partial charge in [0, 0.05) is 15.2 Å². The second-order valence-electron chi connectivity index (χ2n) is 4.68. The third kappa shape index (κ3) is 3.98. The number of anilines is 1. The van der Waals surface area contributed by atoms with Gasteiger partial charge >= 0.3 is 0 Å². The van der Waals surface area contributed by atoms with Crippen molar-refractivity contribution in [1.82, 2.24) is 0 Å². The van der Waals surface area contributed by atoms with Gasteiger partial charge in [-0.25, -0.2) is 0 Å². The molecular weight excluding hydrogens is 325 g/mol. The fraction of sp³-hybridized carbons (Fsp3) is 0.500. The van der Waals surface area contributed by atoms with E-state index in [9.17, 15) is 4.79 Å². The van der Waals surface area contributed by atoms with Crippen molar-refractivity contribution in [2.75, 3.05) is 5.32 Å². The molecule has 0 aliphatic heterocycles. The first kappa shape index (κ1) is 12.9. The fourth-order valence-corrected chi connectivity index (χ4v) is 2.68. The Morgan fingerprint density at radius 3 is 2.24 bits per heavy atom. The molecule has 0 bridgehead atoms. The van der Waals surface area contributed by atoms with Crippen LogP contribution in [0.3, 0.4) is 0 Å². The van der Waals surface area contributed by atoms with Gasteiger partial charge in [-0.05, 0) is 59.7 Å². The molecule has 0 unspecified atom stereocenters. The number of nitrogens with one attached hydrogen (secondary N) is 1. The maximum atomic E-state index is 12.1. The van der Waals surface area contributed by atoms with Gasteiger partial charge in [0.1, 0.15) is 0 Å². The van der Waals surface area contributed by atoms with E-state index in [-0.39, 0.29) is 11.8 Å². The Morgan fingerprint density at radius 1 is 1.06 bits per heavy atom. The van der Waals surface area contributed by atoms with Crippen LogP contribution in [0.2, 0.25) is 0 Å². The fourth-order valence-electron chi connectivity index (χ4n) is 2.32. The van der Waals surface area contributed by atoms with Crippen LogP contribution in [0.25, 0.3) is 0 Å². The number of carbonyl (C=O) groups is 1. The molecular formula is C14H18INO. The lowest BCUT2D eigenvalue weighted by Crippen LogP contribution is -2.22. The minimum atomic E-state index is 0.202. The summed E-state index contributed by atoms with van der Waals surface area (Å²) in [7, 11) is 0. The molecule has 0 heterocycles. The van der Waals surface area contributed by atoms with Crippen LogP contribution < -0.4 is 5.32 Å². The van der Waals surface area contributed by atoms with Gasteiger partial charge < -0.3 is 5.32 Å². The van der Waals surface area contributed by atoms with Gasteiger partial charge in [0.2, 0.25) is 5.91 Å². The number of rotatable bonds is 2. The van der Waals surface area contributed by atoms with E-state index in [1.165, 1.54) is 29.3 Å². The summed E-state index contributed by atoms with van der Waals surface area (Å²) in [5.74, 6) is 0.421. The van der Waals surface area contributed by atoms with Crippen molar-refractivity contribution in [3.05, 3.63) is 27.8 Å². The molecule has 0 radical (unpaired) electrons. The van der Waals surface area contributed by atoms with E-state index < -0.39 is 0 Å². The number of hydrogen-bond donors (Lipinski definition) is 1. The highest BCUT2D eigenvalue weighted by atomic mass is 127. The predicted octanol–water partition coefficient (Wildman–Crippen LogP) is 4.20. The second kappa shape index (κ2) is 6.38. The highest BCUT2D eigenvalue weighted by Crippen LogP contribution is 2.24. The van der Waals surface area contributed by atoms with E-state index >= 15 is 0 Å². The predicted molar refractivity (Wildman–Crippen MR) is 79.0 cm³/mol. The van der Waals surface area contributed by atoms with Crippen LogP contribution in [0.15, 0.2) is 24.3 Å². The zero-order valence-electron chi connectivity index (χ0n) is 9.92. The number of carbonyl (C=O) groups excluding carboxylic acids is 1. The third-order valence-electron chi connectivity index (χ3n) is 3.34. The molecule has 0 spiro atoms. The molecule has 1 amide bonds. The molecule has 92 valence electrons. The molecule has 1 aliphatic carbocycles. The van der Waals surface area contributed by atoms with E-state index in [4.69, 9.17) is 0 Å². The molecule has 1 aliphatic rings. The Labute approximate surface area is 116 Å². The van der Waals surface area contributed by atoms with Crippen LogP contribution in [-0.4, -0.2) is 5.91 Å². The first-order chi connectivity index (χ1) is 8.25. The van der Waals surface area contributed by atoms with E-state index in [2.05, 4.69) is 27.9 Å². The Bertz CT molecular complexity index is 366. The van der Waals surface area contributed by atoms with Crippen molar-refractivity contribution in [2.45, 2.75) is 38.5 Å². The van der Waals surface area contributed by atoms with Crippen molar-refractivity contribution < 1.29 is 4.79 Å². The monoisotopic (exact) mass is 343 g/mol. The first-order valence-electron chi connectivity index (χ1n) is 6.32. The van der Waals surface area contributed by atoms with Crippen LogP contribution in [0, 0.1) is 9.49 Å². The van der Waals surface area contributed by atoms with Gasteiger partial charge in [-0.1, -0.05) is 25.7 Å². The van der Waals surface area contributed by atoms with Gasteiger partial charge in [-0.15, -0.1) is 0 Å². The molecule has 0 saturated heterocycles. The molecule has 17 heavy (non-hydrogen) atoms. The molecule has 1 fully saturated rings. The molecule has 1 N–H and O–H groups in total. The topological polar surface area (TPSA) is 29.1 Å². The van der Waals surface area contributed by atoms with Crippen LogP contribution in [-0.2, 0) is 4.79 Å². The average Bonchev–Trinajstić information content (AvgIpc) is 2.61. The summed E-state index contributed by atoms with van der Waals surface area (Å²) < 4.78 is 1.19. The van der Waals surface area contributed by atoms with Gasteiger partial charge in [0.25, 0.3) is 0 Å². The molecule has 1 aromatic carbocycles. The highest BCUT2D eigenvalue weighted by molar-refractivity contribution is 14.1. The van der Waals surface area contributed by atoms with Gasteiger partial charge in [0.05, 0.1) is 0 Å². The minimum Gasteiger partial charge on any atom is -0.326 e. The Hall–Kier alpha value is -0.580. The van der Waals surface area contributed by atoms with E-state index in [1.54, 1.807) is 0 Å². The van der Waals surface area contributed by atoms with Crippen LogP contribution >= 0.6 is 22.6 Å². The zero-order chi connectivity index (χ0) is 12.1. The summed E-state index contributed by atoms with van der Waals surface area (Å²) in [6.07, 6.45) is 7.07. The summed E-state index contributed by atoms with van der Waals surface area (Å²) in [5.41, 5.74) is 0.916. The summed E-state index contributed by atoms with van der Waals surface area (Å²) in [6, 6.07) is 7.97.